The van der Waals surface area contributed by atoms with E-state index in [4.69, 9.17) is 5.73 Å². The van der Waals surface area contributed by atoms with Gasteiger partial charge in [-0.25, -0.2) is 4.39 Å². The van der Waals surface area contributed by atoms with Gasteiger partial charge in [0.05, 0.1) is 0 Å². The van der Waals surface area contributed by atoms with Gasteiger partial charge in [0, 0.05) is 12.1 Å². The molecule has 102 valence electrons. The third-order valence-corrected chi connectivity index (χ3v) is 3.58. The minimum atomic E-state index is -0.186. The number of halogens is 1. The fraction of sp³-hybridized carbons (Fsp3) is 0.600. The molecule has 1 rings (SSSR count). The van der Waals surface area contributed by atoms with Crippen LogP contribution in [0.2, 0.25) is 0 Å². The van der Waals surface area contributed by atoms with E-state index in [1.165, 1.54) is 12.1 Å². The SMILES string of the molecule is CCCN(CC)C(C)(CN)Cc1ccc(F)cc1. The van der Waals surface area contributed by atoms with Crippen molar-refractivity contribution in [2.24, 2.45) is 5.73 Å². The standard InChI is InChI=1S/C15H25FN2/c1-4-10-18(5-2)15(3,12-17)11-13-6-8-14(16)9-7-13/h6-9H,4-5,10-12,17H2,1-3H3. The predicted molar refractivity (Wildman–Crippen MR) is 75.1 cm³/mol. The van der Waals surface area contributed by atoms with E-state index in [9.17, 15) is 4.39 Å². The molecule has 18 heavy (non-hydrogen) atoms. The lowest BCUT2D eigenvalue weighted by Gasteiger charge is -2.40. The van der Waals surface area contributed by atoms with Crippen molar-refractivity contribution in [1.29, 1.82) is 0 Å². The smallest absolute Gasteiger partial charge is 0.123 e. The zero-order valence-electron chi connectivity index (χ0n) is 11.7. The molecule has 0 radical (unpaired) electrons. The average Bonchev–Trinajstić information content (AvgIpc) is 2.38. The molecule has 2 nitrogen and oxygen atoms in total. The molecule has 0 spiro atoms. The topological polar surface area (TPSA) is 29.3 Å². The number of nitrogens with two attached hydrogens (primary N) is 1. The Bertz CT molecular complexity index is 350. The Morgan fingerprint density at radius 1 is 1.22 bits per heavy atom. The summed E-state index contributed by atoms with van der Waals surface area (Å²) >= 11 is 0. The first kappa shape index (κ1) is 15.1. The summed E-state index contributed by atoms with van der Waals surface area (Å²) in [6.45, 7) is 9.17. The second-order valence-corrected chi connectivity index (χ2v) is 5.08. The van der Waals surface area contributed by atoms with Crippen LogP contribution in [0, 0.1) is 5.82 Å². The minimum absolute atomic E-state index is 0.0530. The quantitative estimate of drug-likeness (QED) is 0.808. The van der Waals surface area contributed by atoms with Crippen LogP contribution in [-0.4, -0.2) is 30.1 Å². The Balaban J connectivity index is 2.83. The molecule has 0 aliphatic heterocycles. The molecule has 0 aliphatic carbocycles. The Morgan fingerprint density at radius 3 is 2.28 bits per heavy atom. The van der Waals surface area contributed by atoms with Crippen molar-refractivity contribution in [2.45, 2.75) is 39.2 Å². The van der Waals surface area contributed by atoms with Crippen LogP contribution in [-0.2, 0) is 6.42 Å². The summed E-state index contributed by atoms with van der Waals surface area (Å²) < 4.78 is 12.9. The van der Waals surface area contributed by atoms with Crippen molar-refractivity contribution in [3.8, 4) is 0 Å². The average molecular weight is 252 g/mol. The first-order valence-electron chi connectivity index (χ1n) is 6.75. The number of hydrogen-bond acceptors (Lipinski definition) is 2. The van der Waals surface area contributed by atoms with Gasteiger partial charge in [-0.1, -0.05) is 26.0 Å². The van der Waals surface area contributed by atoms with E-state index < -0.39 is 0 Å². The molecule has 0 aromatic heterocycles. The Hall–Kier alpha value is -0.930. The van der Waals surface area contributed by atoms with E-state index in [0.29, 0.717) is 6.54 Å². The van der Waals surface area contributed by atoms with E-state index in [1.807, 2.05) is 12.1 Å². The van der Waals surface area contributed by atoms with Crippen molar-refractivity contribution in [1.82, 2.24) is 4.90 Å². The van der Waals surface area contributed by atoms with Crippen molar-refractivity contribution < 1.29 is 4.39 Å². The number of rotatable bonds is 7. The van der Waals surface area contributed by atoms with Crippen LogP contribution in [0.25, 0.3) is 0 Å². The van der Waals surface area contributed by atoms with Crippen molar-refractivity contribution in [3.63, 3.8) is 0 Å². The molecule has 3 heteroatoms. The molecule has 1 aromatic rings. The summed E-state index contributed by atoms with van der Waals surface area (Å²) in [6.07, 6.45) is 1.98. The van der Waals surface area contributed by atoms with E-state index in [0.717, 1.165) is 31.5 Å². The molecule has 0 saturated carbocycles. The van der Waals surface area contributed by atoms with Gasteiger partial charge in [-0.05, 0) is 50.6 Å². The maximum absolute atomic E-state index is 12.9. The Morgan fingerprint density at radius 2 is 1.83 bits per heavy atom. The zero-order chi connectivity index (χ0) is 13.6. The number of hydrogen-bond donors (Lipinski definition) is 1. The second-order valence-electron chi connectivity index (χ2n) is 5.08. The van der Waals surface area contributed by atoms with Crippen LogP contribution in [0.3, 0.4) is 0 Å². The third kappa shape index (κ3) is 3.79. The third-order valence-electron chi connectivity index (χ3n) is 3.58. The van der Waals surface area contributed by atoms with E-state index in [2.05, 4.69) is 25.7 Å². The highest BCUT2D eigenvalue weighted by Gasteiger charge is 2.29. The lowest BCUT2D eigenvalue weighted by atomic mass is 9.90. The van der Waals surface area contributed by atoms with Crippen LogP contribution in [0.1, 0.15) is 32.8 Å². The molecule has 0 fully saturated rings. The van der Waals surface area contributed by atoms with Crippen LogP contribution in [0.5, 0.6) is 0 Å². The Labute approximate surface area is 110 Å². The lowest BCUT2D eigenvalue weighted by Crippen LogP contribution is -2.53. The van der Waals surface area contributed by atoms with Gasteiger partial charge in [-0.3, -0.25) is 4.90 Å². The molecule has 1 aromatic carbocycles. The number of benzene rings is 1. The van der Waals surface area contributed by atoms with Crippen molar-refractivity contribution in [2.75, 3.05) is 19.6 Å². The summed E-state index contributed by atoms with van der Waals surface area (Å²) in [6, 6.07) is 6.73. The summed E-state index contributed by atoms with van der Waals surface area (Å²) in [5.74, 6) is -0.186. The van der Waals surface area contributed by atoms with Gasteiger partial charge >= 0.3 is 0 Å². The van der Waals surface area contributed by atoms with E-state index >= 15 is 0 Å². The van der Waals surface area contributed by atoms with Gasteiger partial charge in [-0.15, -0.1) is 0 Å². The van der Waals surface area contributed by atoms with E-state index in [1.54, 1.807) is 0 Å². The van der Waals surface area contributed by atoms with Gasteiger partial charge in [0.2, 0.25) is 0 Å². The van der Waals surface area contributed by atoms with Gasteiger partial charge < -0.3 is 5.73 Å². The Kier molecular flexibility index (Phi) is 5.76. The largest absolute Gasteiger partial charge is 0.329 e. The number of nitrogens with zero attached hydrogens (tertiary/aromatic N) is 1. The van der Waals surface area contributed by atoms with Gasteiger partial charge in [0.25, 0.3) is 0 Å². The molecule has 1 atom stereocenters. The summed E-state index contributed by atoms with van der Waals surface area (Å²) in [4.78, 5) is 2.41. The molecular weight excluding hydrogens is 227 g/mol. The zero-order valence-corrected chi connectivity index (χ0v) is 11.7. The first-order chi connectivity index (χ1) is 8.55. The van der Waals surface area contributed by atoms with Crippen LogP contribution in [0.4, 0.5) is 4.39 Å². The van der Waals surface area contributed by atoms with Crippen molar-refractivity contribution in [3.05, 3.63) is 35.6 Å². The van der Waals surface area contributed by atoms with Crippen LogP contribution < -0.4 is 5.73 Å². The second kappa shape index (κ2) is 6.86. The van der Waals surface area contributed by atoms with Crippen LogP contribution in [0.15, 0.2) is 24.3 Å². The summed E-state index contributed by atoms with van der Waals surface area (Å²) in [5.41, 5.74) is 7.06. The fourth-order valence-corrected chi connectivity index (χ4v) is 2.43. The first-order valence-corrected chi connectivity index (χ1v) is 6.75. The normalized spacial score (nSPS) is 14.8. The van der Waals surface area contributed by atoms with Gasteiger partial charge in [0.15, 0.2) is 0 Å². The van der Waals surface area contributed by atoms with E-state index in [-0.39, 0.29) is 11.4 Å². The van der Waals surface area contributed by atoms with Gasteiger partial charge in [0.1, 0.15) is 5.82 Å². The predicted octanol–water partition coefficient (Wildman–Crippen LogP) is 2.82. The monoisotopic (exact) mass is 252 g/mol. The highest BCUT2D eigenvalue weighted by molar-refractivity contribution is 5.19. The molecule has 0 heterocycles. The summed E-state index contributed by atoms with van der Waals surface area (Å²) in [5, 5.41) is 0. The van der Waals surface area contributed by atoms with Crippen LogP contribution >= 0.6 is 0 Å². The maximum atomic E-state index is 12.9. The number of likely N-dealkylation sites (N-methyl/N-ethyl adjacent to an activating group) is 1. The van der Waals surface area contributed by atoms with Gasteiger partial charge in [-0.2, -0.15) is 0 Å². The highest BCUT2D eigenvalue weighted by Crippen LogP contribution is 2.20. The molecule has 2 N–H and O–H groups in total. The molecule has 0 amide bonds. The molecular formula is C15H25FN2. The summed E-state index contributed by atoms with van der Waals surface area (Å²) in [7, 11) is 0. The lowest BCUT2D eigenvalue weighted by molar-refractivity contribution is 0.117. The van der Waals surface area contributed by atoms with Crippen molar-refractivity contribution >= 4 is 0 Å². The molecule has 0 aliphatic rings. The maximum Gasteiger partial charge on any atom is 0.123 e. The highest BCUT2D eigenvalue weighted by atomic mass is 19.1. The fourth-order valence-electron chi connectivity index (χ4n) is 2.43. The molecule has 1 unspecified atom stereocenters. The minimum Gasteiger partial charge on any atom is -0.329 e. The molecule has 0 bridgehead atoms. The molecule has 0 saturated heterocycles.